The molecule has 3 rings (SSSR count). The van der Waals surface area contributed by atoms with Crippen molar-refractivity contribution < 1.29 is 27.4 Å². The molecule has 0 saturated carbocycles. The lowest BCUT2D eigenvalue weighted by atomic mass is 10.1. The monoisotopic (exact) mass is 420 g/mol. The molecule has 1 aliphatic rings. The third-order valence-corrected chi connectivity index (χ3v) is 6.54. The number of hydrogen-bond donors (Lipinski definition) is 1. The lowest BCUT2D eigenvalue weighted by Gasteiger charge is -2.26. The highest BCUT2D eigenvalue weighted by Gasteiger charge is 2.30. The molecule has 2 aromatic rings. The van der Waals surface area contributed by atoms with Gasteiger partial charge in [-0.3, -0.25) is 4.79 Å². The molecule has 1 fully saturated rings. The number of morpholine rings is 1. The maximum Gasteiger partial charge on any atom is 0.255 e. The fraction of sp³-hybridized carbons (Fsp3) is 0.350. The van der Waals surface area contributed by atoms with Crippen molar-refractivity contribution in [1.29, 1.82) is 0 Å². The Hall–Kier alpha value is -2.62. The Labute approximate surface area is 170 Å². The number of hydrogen-bond acceptors (Lipinski definition) is 6. The molecule has 0 radical (unpaired) electrons. The lowest BCUT2D eigenvalue weighted by Crippen LogP contribution is -2.40. The molecule has 29 heavy (non-hydrogen) atoms. The molecule has 0 unspecified atom stereocenters. The van der Waals surface area contributed by atoms with Gasteiger partial charge in [-0.2, -0.15) is 4.31 Å². The summed E-state index contributed by atoms with van der Waals surface area (Å²) in [7, 11) is -0.921. The molecule has 0 atom stereocenters. The van der Waals surface area contributed by atoms with Crippen molar-refractivity contribution >= 4 is 21.6 Å². The minimum Gasteiger partial charge on any atom is -0.495 e. The van der Waals surface area contributed by atoms with Crippen LogP contribution in [0.3, 0.4) is 0 Å². The highest BCUT2D eigenvalue weighted by atomic mass is 32.2. The van der Waals surface area contributed by atoms with E-state index in [0.717, 1.165) is 5.56 Å². The van der Waals surface area contributed by atoms with Crippen molar-refractivity contribution in [3.05, 3.63) is 47.5 Å². The van der Waals surface area contributed by atoms with Crippen LogP contribution in [0.25, 0.3) is 0 Å². The molecule has 0 bridgehead atoms. The van der Waals surface area contributed by atoms with Crippen molar-refractivity contribution in [1.82, 2.24) is 4.31 Å². The van der Waals surface area contributed by atoms with E-state index in [0.29, 0.717) is 24.7 Å². The zero-order valence-corrected chi connectivity index (χ0v) is 17.4. The van der Waals surface area contributed by atoms with Gasteiger partial charge in [-0.1, -0.05) is 6.07 Å². The van der Waals surface area contributed by atoms with Gasteiger partial charge in [0.15, 0.2) is 0 Å². The summed E-state index contributed by atoms with van der Waals surface area (Å²) in [6, 6.07) is 9.75. The summed E-state index contributed by atoms with van der Waals surface area (Å²) < 4.78 is 43.3. The van der Waals surface area contributed by atoms with Crippen LogP contribution in [-0.4, -0.2) is 59.2 Å². The quantitative estimate of drug-likeness (QED) is 0.771. The van der Waals surface area contributed by atoms with E-state index >= 15 is 0 Å². The Kier molecular flexibility index (Phi) is 6.41. The molecule has 1 saturated heterocycles. The van der Waals surface area contributed by atoms with E-state index in [1.165, 1.54) is 36.7 Å². The molecular weight excluding hydrogens is 396 g/mol. The number of carbonyl (C=O) groups is 1. The van der Waals surface area contributed by atoms with Crippen LogP contribution >= 0.6 is 0 Å². The lowest BCUT2D eigenvalue weighted by molar-refractivity contribution is 0.0729. The van der Waals surface area contributed by atoms with Gasteiger partial charge in [0, 0.05) is 18.7 Å². The SMILES string of the molecule is COc1ccc(C)cc1NC(=O)c1ccc(OC)c(S(=O)(=O)N2CCOCC2)c1. The number of sulfonamides is 1. The number of ether oxygens (including phenoxy) is 3. The van der Waals surface area contributed by atoms with Gasteiger partial charge in [-0.25, -0.2) is 8.42 Å². The molecule has 2 aromatic carbocycles. The normalized spacial score (nSPS) is 15.0. The zero-order chi connectivity index (χ0) is 21.0. The van der Waals surface area contributed by atoms with E-state index in [2.05, 4.69) is 5.32 Å². The van der Waals surface area contributed by atoms with Gasteiger partial charge in [0.1, 0.15) is 16.4 Å². The molecule has 0 aromatic heterocycles. The summed E-state index contributed by atoms with van der Waals surface area (Å²) in [6.07, 6.45) is 0. The average Bonchev–Trinajstić information content (AvgIpc) is 2.74. The van der Waals surface area contributed by atoms with Crippen LogP contribution in [0.4, 0.5) is 5.69 Å². The number of benzene rings is 2. The van der Waals surface area contributed by atoms with Gasteiger partial charge < -0.3 is 19.5 Å². The Morgan fingerprint density at radius 2 is 1.69 bits per heavy atom. The van der Waals surface area contributed by atoms with Crippen molar-refractivity contribution in [3.8, 4) is 11.5 Å². The number of amides is 1. The van der Waals surface area contributed by atoms with Crippen LogP contribution < -0.4 is 14.8 Å². The number of carbonyl (C=O) groups excluding carboxylic acids is 1. The molecule has 156 valence electrons. The third-order valence-electron chi connectivity index (χ3n) is 4.62. The van der Waals surface area contributed by atoms with Crippen LogP contribution in [0.1, 0.15) is 15.9 Å². The van der Waals surface area contributed by atoms with Gasteiger partial charge in [-0.05, 0) is 42.8 Å². The van der Waals surface area contributed by atoms with E-state index in [4.69, 9.17) is 14.2 Å². The molecule has 8 nitrogen and oxygen atoms in total. The van der Waals surface area contributed by atoms with Crippen LogP contribution in [0.15, 0.2) is 41.3 Å². The van der Waals surface area contributed by atoms with E-state index in [1.807, 2.05) is 13.0 Å². The van der Waals surface area contributed by atoms with E-state index in [1.54, 1.807) is 12.1 Å². The molecule has 0 spiro atoms. The van der Waals surface area contributed by atoms with Gasteiger partial charge >= 0.3 is 0 Å². The van der Waals surface area contributed by atoms with Crippen LogP contribution in [-0.2, 0) is 14.8 Å². The summed E-state index contributed by atoms with van der Waals surface area (Å²) in [4.78, 5) is 12.8. The summed E-state index contributed by atoms with van der Waals surface area (Å²) in [5.74, 6) is 0.245. The summed E-state index contributed by atoms with van der Waals surface area (Å²) >= 11 is 0. The fourth-order valence-electron chi connectivity index (χ4n) is 3.06. The Morgan fingerprint density at radius 1 is 1.03 bits per heavy atom. The van der Waals surface area contributed by atoms with Crippen molar-refractivity contribution in [2.45, 2.75) is 11.8 Å². The van der Waals surface area contributed by atoms with Gasteiger partial charge in [-0.15, -0.1) is 0 Å². The third kappa shape index (κ3) is 4.52. The number of nitrogens with zero attached hydrogens (tertiary/aromatic N) is 1. The molecular formula is C20H24N2O6S. The number of rotatable bonds is 6. The number of aryl methyl sites for hydroxylation is 1. The first kappa shape index (κ1) is 21.1. The molecule has 1 N–H and O–H groups in total. The number of anilines is 1. The minimum absolute atomic E-state index is 0.0502. The average molecular weight is 420 g/mol. The number of methoxy groups -OCH3 is 2. The van der Waals surface area contributed by atoms with E-state index in [-0.39, 0.29) is 29.3 Å². The zero-order valence-electron chi connectivity index (χ0n) is 16.6. The maximum absolute atomic E-state index is 13.1. The van der Waals surface area contributed by atoms with Crippen LogP contribution in [0, 0.1) is 6.92 Å². The van der Waals surface area contributed by atoms with Gasteiger partial charge in [0.2, 0.25) is 10.0 Å². The predicted octanol–water partition coefficient (Wildman–Crippen LogP) is 2.29. The first-order valence-corrected chi connectivity index (χ1v) is 10.5. The first-order chi connectivity index (χ1) is 13.9. The Balaban J connectivity index is 1.94. The molecule has 9 heteroatoms. The Bertz CT molecular complexity index is 1000. The second-order valence-electron chi connectivity index (χ2n) is 6.54. The van der Waals surface area contributed by atoms with Crippen molar-refractivity contribution in [2.24, 2.45) is 0 Å². The van der Waals surface area contributed by atoms with Crippen molar-refractivity contribution in [3.63, 3.8) is 0 Å². The second-order valence-corrected chi connectivity index (χ2v) is 8.45. The topological polar surface area (TPSA) is 94.2 Å². The number of nitrogens with one attached hydrogen (secondary N) is 1. The van der Waals surface area contributed by atoms with E-state index in [9.17, 15) is 13.2 Å². The van der Waals surface area contributed by atoms with Crippen LogP contribution in [0.5, 0.6) is 11.5 Å². The minimum atomic E-state index is -3.83. The largest absolute Gasteiger partial charge is 0.495 e. The highest BCUT2D eigenvalue weighted by Crippen LogP contribution is 2.30. The van der Waals surface area contributed by atoms with Crippen LogP contribution in [0.2, 0.25) is 0 Å². The molecule has 1 aliphatic heterocycles. The summed E-state index contributed by atoms with van der Waals surface area (Å²) in [5, 5.41) is 2.78. The molecule has 1 amide bonds. The molecule has 1 heterocycles. The van der Waals surface area contributed by atoms with Gasteiger partial charge in [0.05, 0.1) is 33.1 Å². The fourth-order valence-corrected chi connectivity index (χ4v) is 4.65. The second kappa shape index (κ2) is 8.81. The predicted molar refractivity (Wildman–Crippen MR) is 108 cm³/mol. The van der Waals surface area contributed by atoms with Crippen molar-refractivity contribution in [2.75, 3.05) is 45.8 Å². The molecule has 0 aliphatic carbocycles. The first-order valence-electron chi connectivity index (χ1n) is 9.08. The summed E-state index contributed by atoms with van der Waals surface area (Å²) in [5.41, 5.74) is 1.65. The highest BCUT2D eigenvalue weighted by molar-refractivity contribution is 7.89. The Morgan fingerprint density at radius 3 is 2.34 bits per heavy atom. The standard InChI is InChI=1S/C20H24N2O6S/c1-14-4-6-17(26-2)16(12-14)21-20(23)15-5-7-18(27-3)19(13-15)29(24,25)22-8-10-28-11-9-22/h4-7,12-13H,8-11H2,1-3H3,(H,21,23). The maximum atomic E-state index is 13.1. The smallest absolute Gasteiger partial charge is 0.255 e. The summed E-state index contributed by atoms with van der Waals surface area (Å²) in [6.45, 7) is 3.06. The van der Waals surface area contributed by atoms with E-state index < -0.39 is 15.9 Å². The van der Waals surface area contributed by atoms with Gasteiger partial charge in [0.25, 0.3) is 5.91 Å².